The van der Waals surface area contributed by atoms with Gasteiger partial charge < -0.3 is 15.2 Å². The molecule has 1 aliphatic carbocycles. The summed E-state index contributed by atoms with van der Waals surface area (Å²) in [6, 6.07) is 0. The summed E-state index contributed by atoms with van der Waals surface area (Å²) in [5.41, 5.74) is -0.891. The highest BCUT2D eigenvalue weighted by Gasteiger charge is 2.45. The van der Waals surface area contributed by atoms with Gasteiger partial charge in [0.2, 0.25) is 5.91 Å². The number of carbonyl (C=O) groups is 2. The van der Waals surface area contributed by atoms with Crippen LogP contribution in [0.25, 0.3) is 0 Å². The molecular weight excluding hydrogens is 246 g/mol. The molecule has 2 N–H and O–H groups in total. The Kier molecular flexibility index (Phi) is 4.96. The molecule has 0 aliphatic heterocycles. The van der Waals surface area contributed by atoms with Crippen LogP contribution in [0.15, 0.2) is 0 Å². The molecule has 0 bridgehead atoms. The van der Waals surface area contributed by atoms with Gasteiger partial charge in [0.1, 0.15) is 0 Å². The maximum atomic E-state index is 11.9. The Labute approximate surface area is 114 Å². The number of hydrogen-bond acceptors (Lipinski definition) is 3. The number of carboxylic acids is 1. The van der Waals surface area contributed by atoms with E-state index in [1.54, 1.807) is 7.11 Å². The number of aliphatic carboxylic acids is 1. The van der Waals surface area contributed by atoms with Gasteiger partial charge in [-0.25, -0.2) is 0 Å². The fraction of sp³-hybridized carbons (Fsp3) is 0.857. The van der Waals surface area contributed by atoms with E-state index in [1.165, 1.54) is 0 Å². The first-order valence-corrected chi connectivity index (χ1v) is 6.74. The van der Waals surface area contributed by atoms with Crippen molar-refractivity contribution in [2.24, 2.45) is 10.8 Å². The minimum atomic E-state index is -0.854. The minimum Gasteiger partial charge on any atom is -0.481 e. The molecule has 5 heteroatoms. The topological polar surface area (TPSA) is 75.6 Å². The van der Waals surface area contributed by atoms with Crippen molar-refractivity contribution in [1.29, 1.82) is 0 Å². The third-order valence-electron chi connectivity index (χ3n) is 4.00. The van der Waals surface area contributed by atoms with E-state index in [4.69, 9.17) is 4.74 Å². The summed E-state index contributed by atoms with van der Waals surface area (Å²) in [5.74, 6) is -1.05. The van der Waals surface area contributed by atoms with Crippen LogP contribution < -0.4 is 5.32 Å². The number of nitrogens with one attached hydrogen (secondary N) is 1. The third kappa shape index (κ3) is 3.93. The predicted molar refractivity (Wildman–Crippen MR) is 71.8 cm³/mol. The van der Waals surface area contributed by atoms with Crippen LogP contribution in [-0.2, 0) is 14.3 Å². The summed E-state index contributed by atoms with van der Waals surface area (Å²) in [6.07, 6.45) is 2.08. The van der Waals surface area contributed by atoms with Gasteiger partial charge in [-0.15, -0.1) is 0 Å². The second kappa shape index (κ2) is 5.90. The average molecular weight is 271 g/mol. The fourth-order valence-corrected chi connectivity index (χ4v) is 2.39. The lowest BCUT2D eigenvalue weighted by molar-refractivity contribution is -0.157. The number of amides is 1. The maximum absolute atomic E-state index is 11.9. The van der Waals surface area contributed by atoms with Crippen LogP contribution in [0.1, 0.15) is 46.5 Å². The van der Waals surface area contributed by atoms with Crippen molar-refractivity contribution in [2.45, 2.75) is 52.6 Å². The molecule has 0 saturated heterocycles. The number of carboxylic acid groups (broad SMARTS) is 1. The number of rotatable bonds is 6. The standard InChI is InChI=1S/C14H25NO4/c1-13(2,3)10(19-4)9-15-11(16)8-14(12(17)18)6-5-7-14/h10H,5-9H2,1-4H3,(H,15,16)(H,17,18). The van der Waals surface area contributed by atoms with E-state index < -0.39 is 11.4 Å². The summed E-state index contributed by atoms with van der Waals surface area (Å²) in [5, 5.41) is 12.0. The van der Waals surface area contributed by atoms with Gasteiger partial charge in [0.05, 0.1) is 11.5 Å². The highest BCUT2D eigenvalue weighted by Crippen LogP contribution is 2.44. The van der Waals surface area contributed by atoms with Gasteiger partial charge >= 0.3 is 5.97 Å². The Hall–Kier alpha value is -1.10. The zero-order valence-corrected chi connectivity index (χ0v) is 12.3. The molecule has 1 fully saturated rings. The Morgan fingerprint density at radius 2 is 1.95 bits per heavy atom. The molecule has 0 radical (unpaired) electrons. The second-order valence-corrected chi connectivity index (χ2v) is 6.51. The molecule has 0 aromatic heterocycles. The Balaban J connectivity index is 2.46. The predicted octanol–water partition coefficient (Wildman–Crippen LogP) is 1.81. The van der Waals surface area contributed by atoms with E-state index in [-0.39, 0.29) is 23.8 Å². The summed E-state index contributed by atoms with van der Waals surface area (Å²) in [7, 11) is 1.62. The zero-order chi connectivity index (χ0) is 14.7. The van der Waals surface area contributed by atoms with Gasteiger partial charge in [0.15, 0.2) is 0 Å². The van der Waals surface area contributed by atoms with Gasteiger partial charge in [0.25, 0.3) is 0 Å². The molecule has 1 aliphatic rings. The molecule has 1 atom stereocenters. The molecule has 0 aromatic carbocycles. The van der Waals surface area contributed by atoms with Gasteiger partial charge in [-0.2, -0.15) is 0 Å². The Morgan fingerprint density at radius 3 is 2.26 bits per heavy atom. The SMILES string of the molecule is COC(CNC(=O)CC1(C(=O)O)CCC1)C(C)(C)C. The molecule has 110 valence electrons. The third-order valence-corrected chi connectivity index (χ3v) is 4.00. The fourth-order valence-electron chi connectivity index (χ4n) is 2.39. The monoisotopic (exact) mass is 271 g/mol. The first-order chi connectivity index (χ1) is 8.71. The lowest BCUT2D eigenvalue weighted by Gasteiger charge is -2.37. The quantitative estimate of drug-likeness (QED) is 0.772. The summed E-state index contributed by atoms with van der Waals surface area (Å²) in [6.45, 7) is 6.53. The average Bonchev–Trinajstić information content (AvgIpc) is 2.21. The minimum absolute atomic E-state index is 0.0665. The lowest BCUT2D eigenvalue weighted by Crippen LogP contribution is -2.45. The van der Waals surface area contributed by atoms with Crippen molar-refractivity contribution >= 4 is 11.9 Å². The van der Waals surface area contributed by atoms with Gasteiger partial charge in [-0.1, -0.05) is 27.2 Å². The lowest BCUT2D eigenvalue weighted by atomic mass is 9.66. The van der Waals surface area contributed by atoms with Crippen molar-refractivity contribution in [3.05, 3.63) is 0 Å². The van der Waals surface area contributed by atoms with Crippen LogP contribution in [0.3, 0.4) is 0 Å². The molecule has 5 nitrogen and oxygen atoms in total. The van der Waals surface area contributed by atoms with Crippen LogP contribution in [0.4, 0.5) is 0 Å². The molecule has 19 heavy (non-hydrogen) atoms. The van der Waals surface area contributed by atoms with E-state index in [0.717, 1.165) is 6.42 Å². The molecule has 0 spiro atoms. The molecule has 1 amide bonds. The molecule has 1 rings (SSSR count). The Bertz CT molecular complexity index is 342. The van der Waals surface area contributed by atoms with Crippen LogP contribution in [0, 0.1) is 10.8 Å². The number of carbonyl (C=O) groups excluding carboxylic acids is 1. The molecule has 0 heterocycles. The summed E-state index contributed by atoms with van der Waals surface area (Å²) < 4.78 is 5.35. The summed E-state index contributed by atoms with van der Waals surface area (Å²) in [4.78, 5) is 23.1. The van der Waals surface area contributed by atoms with Crippen molar-refractivity contribution < 1.29 is 19.4 Å². The summed E-state index contributed by atoms with van der Waals surface area (Å²) >= 11 is 0. The van der Waals surface area contributed by atoms with Crippen molar-refractivity contribution in [1.82, 2.24) is 5.32 Å². The number of hydrogen-bond donors (Lipinski definition) is 2. The van der Waals surface area contributed by atoms with E-state index in [9.17, 15) is 14.7 Å². The van der Waals surface area contributed by atoms with Crippen molar-refractivity contribution in [3.63, 3.8) is 0 Å². The van der Waals surface area contributed by atoms with Crippen LogP contribution in [0.2, 0.25) is 0 Å². The second-order valence-electron chi connectivity index (χ2n) is 6.51. The Morgan fingerprint density at radius 1 is 1.37 bits per heavy atom. The zero-order valence-electron chi connectivity index (χ0n) is 12.3. The highest BCUT2D eigenvalue weighted by molar-refractivity contribution is 5.85. The molecular formula is C14H25NO4. The molecule has 0 aromatic rings. The highest BCUT2D eigenvalue weighted by atomic mass is 16.5. The largest absolute Gasteiger partial charge is 0.481 e. The van der Waals surface area contributed by atoms with Crippen LogP contribution in [-0.4, -0.2) is 36.7 Å². The van der Waals surface area contributed by atoms with E-state index in [0.29, 0.717) is 19.4 Å². The van der Waals surface area contributed by atoms with E-state index in [2.05, 4.69) is 5.32 Å². The first kappa shape index (κ1) is 16.0. The number of methoxy groups -OCH3 is 1. The van der Waals surface area contributed by atoms with Crippen LogP contribution in [0.5, 0.6) is 0 Å². The first-order valence-electron chi connectivity index (χ1n) is 6.74. The van der Waals surface area contributed by atoms with E-state index in [1.807, 2.05) is 20.8 Å². The van der Waals surface area contributed by atoms with Crippen molar-refractivity contribution in [2.75, 3.05) is 13.7 Å². The number of ether oxygens (including phenoxy) is 1. The van der Waals surface area contributed by atoms with Crippen molar-refractivity contribution in [3.8, 4) is 0 Å². The van der Waals surface area contributed by atoms with Gasteiger partial charge in [-0.3, -0.25) is 9.59 Å². The molecule has 1 unspecified atom stereocenters. The van der Waals surface area contributed by atoms with E-state index >= 15 is 0 Å². The van der Waals surface area contributed by atoms with Crippen LogP contribution >= 0.6 is 0 Å². The van der Waals surface area contributed by atoms with Gasteiger partial charge in [0, 0.05) is 20.1 Å². The molecule has 1 saturated carbocycles. The normalized spacial score (nSPS) is 19.4. The maximum Gasteiger partial charge on any atom is 0.310 e. The smallest absolute Gasteiger partial charge is 0.310 e. The van der Waals surface area contributed by atoms with Gasteiger partial charge in [-0.05, 0) is 18.3 Å².